The highest BCUT2D eigenvalue weighted by molar-refractivity contribution is 6.33. The van der Waals surface area contributed by atoms with Crippen molar-refractivity contribution in [3.05, 3.63) is 22.7 Å². The first-order valence-corrected chi connectivity index (χ1v) is 7.58. The molecule has 4 nitrogen and oxygen atoms in total. The second-order valence-corrected chi connectivity index (χ2v) is 5.91. The molecule has 1 aromatic carbocycles. The minimum Gasteiger partial charge on any atom is -0.378 e. The molecule has 3 rings (SSSR count). The Hall–Kier alpha value is -1.26. The van der Waals surface area contributed by atoms with Crippen LogP contribution in [-0.2, 0) is 4.79 Å². The van der Waals surface area contributed by atoms with Crippen molar-refractivity contribution in [1.29, 1.82) is 0 Å². The average molecular weight is 295 g/mol. The number of amides is 1. The highest BCUT2D eigenvalue weighted by Crippen LogP contribution is 2.40. The smallest absolute Gasteiger partial charge is 0.257 e. The first-order valence-electron chi connectivity index (χ1n) is 7.20. The van der Waals surface area contributed by atoms with Crippen molar-refractivity contribution in [2.75, 3.05) is 16.8 Å². The highest BCUT2D eigenvalue weighted by Gasteiger charge is 2.31. The minimum atomic E-state index is -1.10. The maximum absolute atomic E-state index is 11.5. The van der Waals surface area contributed by atoms with Crippen molar-refractivity contribution in [2.24, 2.45) is 0 Å². The number of fused-ring (bicyclic) bond motifs is 1. The third kappa shape index (κ3) is 2.17. The highest BCUT2D eigenvalue weighted by atomic mass is 35.5. The molecule has 1 aliphatic heterocycles. The molecule has 1 aliphatic carbocycles. The molecule has 2 N–H and O–H groups in total. The fourth-order valence-corrected chi connectivity index (χ4v) is 3.60. The van der Waals surface area contributed by atoms with Crippen LogP contribution in [0.3, 0.4) is 0 Å². The van der Waals surface area contributed by atoms with Gasteiger partial charge < -0.3 is 15.3 Å². The summed E-state index contributed by atoms with van der Waals surface area (Å²) < 4.78 is 0. The van der Waals surface area contributed by atoms with Crippen LogP contribution in [0.5, 0.6) is 0 Å². The first kappa shape index (κ1) is 13.7. The third-order valence-electron chi connectivity index (χ3n) is 4.34. The molecule has 2 aliphatic rings. The molecule has 1 fully saturated rings. The van der Waals surface area contributed by atoms with Crippen LogP contribution in [-0.4, -0.2) is 23.6 Å². The van der Waals surface area contributed by atoms with Gasteiger partial charge >= 0.3 is 0 Å². The number of nitrogens with zero attached hydrogens (tertiary/aromatic N) is 1. The molecule has 0 saturated heterocycles. The number of benzene rings is 1. The number of aliphatic hydroxyl groups is 1. The van der Waals surface area contributed by atoms with Gasteiger partial charge in [-0.15, -0.1) is 0 Å². The zero-order chi connectivity index (χ0) is 14.3. The van der Waals surface area contributed by atoms with Gasteiger partial charge in [-0.1, -0.05) is 24.4 Å². The zero-order valence-corrected chi connectivity index (χ0v) is 12.3. The molecular formula is C15H19ClN2O2. The summed E-state index contributed by atoms with van der Waals surface area (Å²) in [6.07, 6.45) is 3.81. The van der Waals surface area contributed by atoms with Gasteiger partial charge in [-0.25, -0.2) is 0 Å². The predicted molar refractivity (Wildman–Crippen MR) is 80.3 cm³/mol. The fraction of sp³-hybridized carbons (Fsp3) is 0.533. The molecule has 1 atom stereocenters. The van der Waals surface area contributed by atoms with Gasteiger partial charge in [0.2, 0.25) is 0 Å². The van der Waals surface area contributed by atoms with Gasteiger partial charge in [-0.2, -0.15) is 0 Å². The minimum absolute atomic E-state index is 0.378. The van der Waals surface area contributed by atoms with E-state index >= 15 is 0 Å². The molecule has 20 heavy (non-hydrogen) atoms. The summed E-state index contributed by atoms with van der Waals surface area (Å²) in [5, 5.41) is 13.1. The van der Waals surface area contributed by atoms with E-state index in [0.717, 1.165) is 12.2 Å². The maximum Gasteiger partial charge on any atom is 0.257 e. The van der Waals surface area contributed by atoms with Gasteiger partial charge in [-0.05, 0) is 31.9 Å². The van der Waals surface area contributed by atoms with Gasteiger partial charge in [0.15, 0.2) is 6.10 Å². The SMILES string of the molecule is CCN(c1cc2c(cc1Cl)C(O)C(=O)N2)C1CCCC1. The Morgan fingerprint density at radius 1 is 1.40 bits per heavy atom. The lowest BCUT2D eigenvalue weighted by molar-refractivity contribution is -0.123. The number of hydrogen-bond acceptors (Lipinski definition) is 3. The van der Waals surface area contributed by atoms with E-state index in [2.05, 4.69) is 17.1 Å². The number of rotatable bonds is 3. The van der Waals surface area contributed by atoms with E-state index in [1.807, 2.05) is 6.07 Å². The summed E-state index contributed by atoms with van der Waals surface area (Å²) in [5.41, 5.74) is 2.21. The van der Waals surface area contributed by atoms with Crippen LogP contribution in [0.1, 0.15) is 44.3 Å². The summed E-state index contributed by atoms with van der Waals surface area (Å²) in [5.74, 6) is -0.378. The van der Waals surface area contributed by atoms with Gasteiger partial charge in [0.05, 0.1) is 10.7 Å². The Labute approximate surface area is 123 Å². The van der Waals surface area contributed by atoms with Gasteiger partial charge in [0.1, 0.15) is 0 Å². The molecular weight excluding hydrogens is 276 g/mol. The van der Waals surface area contributed by atoms with Gasteiger partial charge in [-0.3, -0.25) is 4.79 Å². The van der Waals surface area contributed by atoms with E-state index in [-0.39, 0.29) is 5.91 Å². The summed E-state index contributed by atoms with van der Waals surface area (Å²) >= 11 is 6.38. The number of carbonyl (C=O) groups excluding carboxylic acids is 1. The standard InChI is InChI=1S/C15H19ClN2O2/c1-2-18(9-5-3-4-6-9)13-8-12-10(7-11(13)16)14(19)15(20)17-12/h7-9,14,19H,2-6H2,1H3,(H,17,20). The third-order valence-corrected chi connectivity index (χ3v) is 4.64. The molecule has 1 amide bonds. The molecule has 108 valence electrons. The van der Waals surface area contributed by atoms with E-state index in [4.69, 9.17) is 11.6 Å². The Morgan fingerprint density at radius 2 is 2.10 bits per heavy atom. The van der Waals surface area contributed by atoms with Crippen LogP contribution in [0, 0.1) is 0 Å². The van der Waals surface area contributed by atoms with Gasteiger partial charge in [0.25, 0.3) is 5.91 Å². The van der Waals surface area contributed by atoms with E-state index in [9.17, 15) is 9.90 Å². The second-order valence-electron chi connectivity index (χ2n) is 5.51. The van der Waals surface area contributed by atoms with Crippen LogP contribution in [0.4, 0.5) is 11.4 Å². The fourth-order valence-electron chi connectivity index (χ4n) is 3.32. The zero-order valence-electron chi connectivity index (χ0n) is 11.5. The average Bonchev–Trinajstić information content (AvgIpc) is 3.03. The molecule has 1 unspecified atom stereocenters. The lowest BCUT2D eigenvalue weighted by Gasteiger charge is -2.31. The Bertz CT molecular complexity index is 541. The molecule has 1 aromatic rings. The number of hydrogen-bond donors (Lipinski definition) is 2. The monoisotopic (exact) mass is 294 g/mol. The summed E-state index contributed by atoms with van der Waals surface area (Å²) in [6, 6.07) is 4.14. The normalized spacial score (nSPS) is 21.9. The topological polar surface area (TPSA) is 52.6 Å². The number of nitrogens with one attached hydrogen (secondary N) is 1. The second kappa shape index (κ2) is 5.26. The predicted octanol–water partition coefficient (Wildman–Crippen LogP) is 3.09. The Kier molecular flexibility index (Phi) is 3.61. The molecule has 5 heteroatoms. The quantitative estimate of drug-likeness (QED) is 0.901. The summed E-state index contributed by atoms with van der Waals surface area (Å²) in [6.45, 7) is 3.01. The largest absolute Gasteiger partial charge is 0.378 e. The van der Waals surface area contributed by atoms with Crippen molar-refractivity contribution in [3.8, 4) is 0 Å². The van der Waals surface area contributed by atoms with E-state index in [1.54, 1.807) is 6.07 Å². The number of aliphatic hydroxyl groups excluding tert-OH is 1. The summed E-state index contributed by atoms with van der Waals surface area (Å²) in [7, 11) is 0. The van der Waals surface area contributed by atoms with Crippen molar-refractivity contribution in [2.45, 2.75) is 44.8 Å². The number of anilines is 2. The first-order chi connectivity index (χ1) is 9.61. The Morgan fingerprint density at radius 3 is 2.75 bits per heavy atom. The van der Waals surface area contributed by atoms with Crippen molar-refractivity contribution in [1.82, 2.24) is 0 Å². The van der Waals surface area contributed by atoms with Crippen LogP contribution < -0.4 is 10.2 Å². The van der Waals surface area contributed by atoms with Crippen LogP contribution in [0.25, 0.3) is 0 Å². The van der Waals surface area contributed by atoms with Crippen molar-refractivity contribution < 1.29 is 9.90 Å². The van der Waals surface area contributed by atoms with E-state index in [0.29, 0.717) is 22.3 Å². The maximum atomic E-state index is 11.5. The van der Waals surface area contributed by atoms with Gasteiger partial charge in [0, 0.05) is 23.8 Å². The van der Waals surface area contributed by atoms with Crippen molar-refractivity contribution in [3.63, 3.8) is 0 Å². The number of carbonyl (C=O) groups is 1. The molecule has 1 saturated carbocycles. The lowest BCUT2D eigenvalue weighted by atomic mass is 10.1. The van der Waals surface area contributed by atoms with Crippen LogP contribution >= 0.6 is 11.6 Å². The molecule has 1 heterocycles. The van der Waals surface area contributed by atoms with E-state index < -0.39 is 6.10 Å². The molecule has 0 spiro atoms. The lowest BCUT2D eigenvalue weighted by Crippen LogP contribution is -2.33. The van der Waals surface area contributed by atoms with E-state index in [1.165, 1.54) is 25.7 Å². The molecule has 0 aromatic heterocycles. The Balaban J connectivity index is 1.98. The number of halogens is 1. The van der Waals surface area contributed by atoms with Crippen molar-refractivity contribution >= 4 is 28.9 Å². The molecule has 0 radical (unpaired) electrons. The van der Waals surface area contributed by atoms with Crippen LogP contribution in [0.2, 0.25) is 5.02 Å². The molecule has 0 bridgehead atoms. The summed E-state index contributed by atoms with van der Waals surface area (Å²) in [4.78, 5) is 13.8. The van der Waals surface area contributed by atoms with Crippen LogP contribution in [0.15, 0.2) is 12.1 Å².